The van der Waals surface area contributed by atoms with Gasteiger partial charge in [-0.1, -0.05) is 39.0 Å². The fourth-order valence-electron chi connectivity index (χ4n) is 3.78. The Morgan fingerprint density at radius 3 is 2.26 bits per heavy atom. The van der Waals surface area contributed by atoms with Gasteiger partial charge in [0.25, 0.3) is 0 Å². The lowest BCUT2D eigenvalue weighted by Crippen LogP contribution is -2.28. The second-order valence-corrected chi connectivity index (χ2v) is 8.16. The van der Waals surface area contributed by atoms with E-state index in [1.165, 1.54) is 5.69 Å². The van der Waals surface area contributed by atoms with Crippen LogP contribution < -0.4 is 15.1 Å². The summed E-state index contributed by atoms with van der Waals surface area (Å²) >= 11 is 0. The van der Waals surface area contributed by atoms with Gasteiger partial charge in [-0.25, -0.2) is 9.97 Å². The highest BCUT2D eigenvalue weighted by Gasteiger charge is 2.21. The summed E-state index contributed by atoms with van der Waals surface area (Å²) in [7, 11) is 0. The number of aromatic nitrogens is 2. The summed E-state index contributed by atoms with van der Waals surface area (Å²) in [6, 6.07) is 10.4. The zero-order valence-electron chi connectivity index (χ0n) is 20.1. The first kappa shape index (κ1) is 24.6. The summed E-state index contributed by atoms with van der Waals surface area (Å²) in [6.45, 7) is 16.0. The van der Waals surface area contributed by atoms with Crippen LogP contribution in [-0.4, -0.2) is 42.1 Å². The quantitative estimate of drug-likeness (QED) is 0.494. The normalized spacial score (nSPS) is 10.9. The van der Waals surface area contributed by atoms with E-state index < -0.39 is 0 Å². The third-order valence-electron chi connectivity index (χ3n) is 5.35. The number of carbonyl (C=O) groups excluding carboxylic acids is 1. The molecule has 0 atom stereocenters. The van der Waals surface area contributed by atoms with Crippen LogP contribution in [0, 0.1) is 6.92 Å². The molecular formula is C25H39N5O. The predicted molar refractivity (Wildman–Crippen MR) is 131 cm³/mol. The molecule has 0 bridgehead atoms. The van der Waals surface area contributed by atoms with Gasteiger partial charge in [0.15, 0.2) is 5.82 Å². The van der Waals surface area contributed by atoms with E-state index in [0.29, 0.717) is 6.42 Å². The Hall–Kier alpha value is -2.63. The fraction of sp³-hybridized carbons (Fsp3) is 0.560. The molecule has 170 valence electrons. The molecule has 0 aliphatic heterocycles. The van der Waals surface area contributed by atoms with Crippen molar-refractivity contribution >= 4 is 23.1 Å². The molecule has 1 aromatic carbocycles. The average molecular weight is 426 g/mol. The number of aryl methyl sites for hydroxylation is 1. The molecule has 1 amide bonds. The second-order valence-electron chi connectivity index (χ2n) is 8.16. The smallest absolute Gasteiger partial charge is 0.224 e. The van der Waals surface area contributed by atoms with E-state index >= 15 is 0 Å². The van der Waals surface area contributed by atoms with Gasteiger partial charge in [-0.2, -0.15) is 0 Å². The summed E-state index contributed by atoms with van der Waals surface area (Å²) in [6.07, 6.45) is 2.34. The number of para-hydroxylation sites is 1. The Kier molecular flexibility index (Phi) is 9.76. The maximum atomic E-state index is 12.9. The highest BCUT2D eigenvalue weighted by atomic mass is 16.1. The first-order valence-corrected chi connectivity index (χ1v) is 11.6. The summed E-state index contributed by atoms with van der Waals surface area (Å²) in [5, 5.41) is 3.16. The molecule has 1 N–H and O–H groups in total. The first-order valence-electron chi connectivity index (χ1n) is 11.6. The topological polar surface area (TPSA) is 61.4 Å². The van der Waals surface area contributed by atoms with Gasteiger partial charge >= 0.3 is 0 Å². The molecule has 0 fully saturated rings. The van der Waals surface area contributed by atoms with Gasteiger partial charge < -0.3 is 15.1 Å². The van der Waals surface area contributed by atoms with E-state index in [1.807, 2.05) is 13.0 Å². The van der Waals surface area contributed by atoms with Crippen LogP contribution in [0.2, 0.25) is 0 Å². The molecule has 1 aromatic heterocycles. The number of nitrogens with zero attached hydrogens (tertiary/aromatic N) is 4. The van der Waals surface area contributed by atoms with Crippen molar-refractivity contribution in [3.63, 3.8) is 0 Å². The van der Waals surface area contributed by atoms with Crippen LogP contribution in [0.3, 0.4) is 0 Å². The summed E-state index contributed by atoms with van der Waals surface area (Å²) in [5.74, 6) is 1.78. The van der Waals surface area contributed by atoms with Crippen LogP contribution in [-0.2, 0) is 4.79 Å². The molecule has 0 aliphatic carbocycles. The molecular weight excluding hydrogens is 386 g/mol. The largest absolute Gasteiger partial charge is 0.372 e. The number of amides is 1. The fourth-order valence-corrected chi connectivity index (χ4v) is 3.78. The zero-order valence-corrected chi connectivity index (χ0v) is 20.1. The predicted octanol–water partition coefficient (Wildman–Crippen LogP) is 5.39. The Morgan fingerprint density at radius 2 is 1.68 bits per heavy atom. The van der Waals surface area contributed by atoms with E-state index in [1.54, 1.807) is 0 Å². The van der Waals surface area contributed by atoms with Gasteiger partial charge in [0.1, 0.15) is 11.5 Å². The third-order valence-corrected chi connectivity index (χ3v) is 5.35. The van der Waals surface area contributed by atoms with E-state index in [9.17, 15) is 4.79 Å². The zero-order chi connectivity index (χ0) is 22.8. The van der Waals surface area contributed by atoms with Crippen molar-refractivity contribution < 1.29 is 4.79 Å². The van der Waals surface area contributed by atoms with Crippen molar-refractivity contribution in [1.29, 1.82) is 0 Å². The van der Waals surface area contributed by atoms with E-state index in [4.69, 9.17) is 0 Å². The molecule has 6 heteroatoms. The van der Waals surface area contributed by atoms with Crippen molar-refractivity contribution in [2.24, 2.45) is 0 Å². The lowest BCUT2D eigenvalue weighted by atomic mass is 10.1. The first-order chi connectivity index (χ1) is 14.9. The van der Waals surface area contributed by atoms with Gasteiger partial charge in [-0.05, 0) is 51.7 Å². The van der Waals surface area contributed by atoms with Crippen LogP contribution in [0.25, 0.3) is 0 Å². The molecule has 0 aliphatic rings. The van der Waals surface area contributed by atoms with Crippen LogP contribution in [0.1, 0.15) is 71.3 Å². The molecule has 1 heterocycles. The molecule has 2 aromatic rings. The number of rotatable bonds is 12. The molecule has 0 spiro atoms. The summed E-state index contributed by atoms with van der Waals surface area (Å²) < 4.78 is 0. The SMILES string of the molecule is CCCN(CCCC(=O)Nc1c(C(C)C)nc(C)nc1N(CC)CC)c1ccccc1. The number of carbonyl (C=O) groups is 1. The van der Waals surface area contributed by atoms with Gasteiger partial charge in [0, 0.05) is 38.3 Å². The molecule has 0 unspecified atom stereocenters. The van der Waals surface area contributed by atoms with E-state index in [0.717, 1.165) is 62.0 Å². The van der Waals surface area contributed by atoms with Crippen LogP contribution in [0.4, 0.5) is 17.2 Å². The number of hydrogen-bond donors (Lipinski definition) is 1. The van der Waals surface area contributed by atoms with Crippen molar-refractivity contribution in [2.75, 3.05) is 41.3 Å². The highest BCUT2D eigenvalue weighted by molar-refractivity contribution is 5.94. The van der Waals surface area contributed by atoms with Crippen molar-refractivity contribution in [1.82, 2.24) is 9.97 Å². The minimum atomic E-state index is 0.0206. The number of nitrogens with one attached hydrogen (secondary N) is 1. The number of benzene rings is 1. The maximum Gasteiger partial charge on any atom is 0.224 e. The maximum absolute atomic E-state index is 12.9. The molecule has 31 heavy (non-hydrogen) atoms. The summed E-state index contributed by atoms with van der Waals surface area (Å²) in [5.41, 5.74) is 2.88. The Labute approximate surface area is 188 Å². The van der Waals surface area contributed by atoms with Crippen molar-refractivity contribution in [3.05, 3.63) is 41.9 Å². The van der Waals surface area contributed by atoms with Gasteiger partial charge in [-0.3, -0.25) is 4.79 Å². The lowest BCUT2D eigenvalue weighted by molar-refractivity contribution is -0.116. The third kappa shape index (κ3) is 6.94. The molecule has 0 radical (unpaired) electrons. The van der Waals surface area contributed by atoms with Gasteiger partial charge in [0.2, 0.25) is 5.91 Å². The molecule has 0 saturated heterocycles. The van der Waals surface area contributed by atoms with Gasteiger partial charge in [0.05, 0.1) is 5.69 Å². The highest BCUT2D eigenvalue weighted by Crippen LogP contribution is 2.31. The number of anilines is 3. The Balaban J connectivity index is 2.12. The van der Waals surface area contributed by atoms with Crippen molar-refractivity contribution in [3.8, 4) is 0 Å². The Morgan fingerprint density at radius 1 is 1.00 bits per heavy atom. The second kappa shape index (κ2) is 12.3. The van der Waals surface area contributed by atoms with E-state index in [2.05, 4.69) is 84.0 Å². The number of hydrogen-bond acceptors (Lipinski definition) is 5. The van der Waals surface area contributed by atoms with E-state index in [-0.39, 0.29) is 11.8 Å². The van der Waals surface area contributed by atoms with Crippen LogP contribution in [0.15, 0.2) is 30.3 Å². The Bertz CT molecular complexity index is 818. The van der Waals surface area contributed by atoms with Crippen molar-refractivity contribution in [2.45, 2.75) is 66.7 Å². The van der Waals surface area contributed by atoms with Crippen LogP contribution in [0.5, 0.6) is 0 Å². The average Bonchev–Trinajstić information content (AvgIpc) is 2.76. The molecule has 2 rings (SSSR count). The van der Waals surface area contributed by atoms with Gasteiger partial charge in [-0.15, -0.1) is 0 Å². The summed E-state index contributed by atoms with van der Waals surface area (Å²) in [4.78, 5) is 26.7. The molecule has 0 saturated carbocycles. The molecule has 6 nitrogen and oxygen atoms in total. The monoisotopic (exact) mass is 425 g/mol. The van der Waals surface area contributed by atoms with Crippen LogP contribution >= 0.6 is 0 Å². The lowest BCUT2D eigenvalue weighted by Gasteiger charge is -2.26. The standard InChI is InChI=1S/C25H39N5O/c1-7-17-30(21-14-11-10-12-15-21)18-13-16-22(31)28-24-23(19(4)5)26-20(6)27-25(24)29(8-2)9-3/h10-12,14-15,19H,7-9,13,16-18H2,1-6H3,(H,28,31). The minimum absolute atomic E-state index is 0.0206. The minimum Gasteiger partial charge on any atom is -0.372 e.